The molecule has 1 aliphatic rings. The van der Waals surface area contributed by atoms with Gasteiger partial charge in [-0.3, -0.25) is 4.79 Å². The first-order valence-corrected chi connectivity index (χ1v) is 6.48. The van der Waals surface area contributed by atoms with Crippen LogP contribution < -0.4 is 0 Å². The molecule has 104 valence electrons. The zero-order chi connectivity index (χ0) is 13.5. The van der Waals surface area contributed by atoms with Crippen LogP contribution >= 0.6 is 0 Å². The normalized spacial score (nSPS) is 15.0. The third-order valence-electron chi connectivity index (χ3n) is 3.19. The molecular formula is C12H22N2O4. The van der Waals surface area contributed by atoms with Gasteiger partial charge in [-0.05, 0) is 25.7 Å². The van der Waals surface area contributed by atoms with Gasteiger partial charge in [-0.1, -0.05) is 6.92 Å². The molecule has 1 rings (SSSR count). The molecule has 0 bridgehead atoms. The number of amides is 2. The van der Waals surface area contributed by atoms with Crippen LogP contribution in [-0.2, 0) is 4.79 Å². The Bertz CT molecular complexity index is 292. The first kappa shape index (κ1) is 14.8. The van der Waals surface area contributed by atoms with Gasteiger partial charge in [-0.25, -0.2) is 4.79 Å². The molecule has 0 saturated heterocycles. The number of hydrogen-bond acceptors (Lipinski definition) is 3. The average Bonchev–Trinajstić information content (AvgIpc) is 2.24. The molecule has 0 heterocycles. The van der Waals surface area contributed by atoms with Crippen LogP contribution in [0.2, 0.25) is 0 Å². The lowest BCUT2D eigenvalue weighted by atomic mass is 9.91. The minimum absolute atomic E-state index is 0.0880. The number of aliphatic hydroxyl groups excluding tert-OH is 1. The molecule has 0 unspecified atom stereocenters. The molecule has 6 nitrogen and oxygen atoms in total. The Balaban J connectivity index is 2.66. The Morgan fingerprint density at radius 1 is 1.28 bits per heavy atom. The van der Waals surface area contributed by atoms with Crippen LogP contribution in [0.25, 0.3) is 0 Å². The first-order chi connectivity index (χ1) is 8.60. The van der Waals surface area contributed by atoms with Crippen LogP contribution in [0.5, 0.6) is 0 Å². The molecule has 0 spiro atoms. The number of rotatable bonds is 7. The van der Waals surface area contributed by atoms with Gasteiger partial charge in [-0.2, -0.15) is 0 Å². The van der Waals surface area contributed by atoms with Crippen LogP contribution in [0.4, 0.5) is 4.79 Å². The molecule has 0 aromatic heterocycles. The highest BCUT2D eigenvalue weighted by Crippen LogP contribution is 2.25. The van der Waals surface area contributed by atoms with E-state index in [0.29, 0.717) is 6.54 Å². The van der Waals surface area contributed by atoms with Crippen molar-refractivity contribution in [3.05, 3.63) is 0 Å². The standard InChI is InChI=1S/C12H22N2O4/c1-2-6-13(9-11(16)17)12(18)14(7-8-15)10-4-3-5-10/h10,15H,2-9H2,1H3,(H,16,17). The summed E-state index contributed by atoms with van der Waals surface area (Å²) in [6.45, 7) is 2.25. The lowest BCUT2D eigenvalue weighted by Crippen LogP contribution is -2.52. The van der Waals surface area contributed by atoms with Crippen molar-refractivity contribution in [3.8, 4) is 0 Å². The van der Waals surface area contributed by atoms with E-state index < -0.39 is 5.97 Å². The molecule has 1 aliphatic carbocycles. The Morgan fingerprint density at radius 3 is 2.33 bits per heavy atom. The number of nitrogens with zero attached hydrogens (tertiary/aromatic N) is 2. The summed E-state index contributed by atoms with van der Waals surface area (Å²) in [6, 6.07) is -0.101. The van der Waals surface area contributed by atoms with Crippen molar-refractivity contribution in [1.29, 1.82) is 0 Å². The molecule has 0 radical (unpaired) electrons. The van der Waals surface area contributed by atoms with Gasteiger partial charge in [-0.15, -0.1) is 0 Å². The highest BCUT2D eigenvalue weighted by Gasteiger charge is 2.31. The van der Waals surface area contributed by atoms with E-state index in [9.17, 15) is 9.59 Å². The van der Waals surface area contributed by atoms with Gasteiger partial charge in [0.25, 0.3) is 0 Å². The van der Waals surface area contributed by atoms with Crippen LogP contribution in [0, 0.1) is 0 Å². The average molecular weight is 258 g/mol. The van der Waals surface area contributed by atoms with Gasteiger partial charge in [0, 0.05) is 19.1 Å². The molecule has 0 aromatic carbocycles. The summed E-state index contributed by atoms with van der Waals surface area (Å²) in [7, 11) is 0. The number of aliphatic carboxylic acids is 1. The minimum atomic E-state index is -1.01. The van der Waals surface area contributed by atoms with E-state index in [4.69, 9.17) is 10.2 Å². The highest BCUT2D eigenvalue weighted by atomic mass is 16.4. The number of aliphatic hydroxyl groups is 1. The molecule has 1 saturated carbocycles. The van der Waals surface area contributed by atoms with E-state index in [-0.39, 0.29) is 31.8 Å². The van der Waals surface area contributed by atoms with Crippen LogP contribution in [0.1, 0.15) is 32.6 Å². The van der Waals surface area contributed by atoms with Crippen LogP contribution in [0.15, 0.2) is 0 Å². The fourth-order valence-electron chi connectivity index (χ4n) is 2.10. The fourth-order valence-corrected chi connectivity index (χ4v) is 2.10. The maximum absolute atomic E-state index is 12.3. The summed E-state index contributed by atoms with van der Waals surface area (Å²) in [5, 5.41) is 17.8. The molecule has 18 heavy (non-hydrogen) atoms. The number of hydrogen-bond donors (Lipinski definition) is 2. The Morgan fingerprint density at radius 2 is 1.94 bits per heavy atom. The van der Waals surface area contributed by atoms with Crippen molar-refractivity contribution in [2.45, 2.75) is 38.6 Å². The van der Waals surface area contributed by atoms with E-state index in [0.717, 1.165) is 25.7 Å². The van der Waals surface area contributed by atoms with E-state index in [1.54, 1.807) is 4.90 Å². The number of carbonyl (C=O) groups is 2. The molecule has 2 amide bonds. The number of carboxylic acid groups (broad SMARTS) is 1. The van der Waals surface area contributed by atoms with Gasteiger partial charge < -0.3 is 20.0 Å². The highest BCUT2D eigenvalue weighted by molar-refractivity contribution is 5.80. The van der Waals surface area contributed by atoms with E-state index >= 15 is 0 Å². The summed E-state index contributed by atoms with van der Waals surface area (Å²) in [5.74, 6) is -1.01. The number of urea groups is 1. The van der Waals surface area contributed by atoms with Crippen molar-refractivity contribution in [2.75, 3.05) is 26.2 Å². The first-order valence-electron chi connectivity index (χ1n) is 6.48. The van der Waals surface area contributed by atoms with Crippen molar-refractivity contribution in [2.24, 2.45) is 0 Å². The smallest absolute Gasteiger partial charge is 0.323 e. The Labute approximate surface area is 107 Å². The predicted molar refractivity (Wildman–Crippen MR) is 66.3 cm³/mol. The predicted octanol–water partition coefficient (Wildman–Crippen LogP) is 0.750. The molecule has 0 aliphatic heterocycles. The maximum atomic E-state index is 12.3. The second-order valence-electron chi connectivity index (χ2n) is 4.60. The molecule has 2 N–H and O–H groups in total. The van der Waals surface area contributed by atoms with E-state index in [1.807, 2.05) is 6.92 Å². The molecule has 0 aromatic rings. The summed E-state index contributed by atoms with van der Waals surface area (Å²) >= 11 is 0. The van der Waals surface area contributed by atoms with Gasteiger partial charge in [0.15, 0.2) is 0 Å². The quantitative estimate of drug-likeness (QED) is 0.706. The monoisotopic (exact) mass is 258 g/mol. The summed E-state index contributed by atoms with van der Waals surface area (Å²) in [5.41, 5.74) is 0. The van der Waals surface area contributed by atoms with E-state index in [2.05, 4.69) is 0 Å². The Hall–Kier alpha value is -1.30. The summed E-state index contributed by atoms with van der Waals surface area (Å²) < 4.78 is 0. The Kier molecular flexibility index (Phi) is 5.91. The molecule has 6 heteroatoms. The van der Waals surface area contributed by atoms with Gasteiger partial charge in [0.2, 0.25) is 0 Å². The fraction of sp³-hybridized carbons (Fsp3) is 0.833. The maximum Gasteiger partial charge on any atom is 0.323 e. The van der Waals surface area contributed by atoms with Crippen LogP contribution in [-0.4, -0.2) is 64.3 Å². The third-order valence-corrected chi connectivity index (χ3v) is 3.19. The topological polar surface area (TPSA) is 81.1 Å². The van der Waals surface area contributed by atoms with Gasteiger partial charge in [0.1, 0.15) is 6.54 Å². The van der Waals surface area contributed by atoms with E-state index in [1.165, 1.54) is 4.90 Å². The zero-order valence-electron chi connectivity index (χ0n) is 10.8. The SMILES string of the molecule is CCCN(CC(=O)O)C(=O)N(CCO)C1CCC1. The molecule has 1 fully saturated rings. The van der Waals surface area contributed by atoms with Crippen molar-refractivity contribution in [3.63, 3.8) is 0 Å². The summed E-state index contributed by atoms with van der Waals surface area (Å²) in [6.07, 6.45) is 3.70. The second-order valence-corrected chi connectivity index (χ2v) is 4.60. The third kappa shape index (κ3) is 3.87. The second kappa shape index (κ2) is 7.20. The number of carbonyl (C=O) groups excluding carboxylic acids is 1. The minimum Gasteiger partial charge on any atom is -0.480 e. The molecular weight excluding hydrogens is 236 g/mol. The van der Waals surface area contributed by atoms with Crippen molar-refractivity contribution in [1.82, 2.24) is 9.80 Å². The van der Waals surface area contributed by atoms with Gasteiger partial charge in [0.05, 0.1) is 6.61 Å². The number of carboxylic acids is 1. The lowest BCUT2D eigenvalue weighted by Gasteiger charge is -2.39. The molecule has 0 atom stereocenters. The largest absolute Gasteiger partial charge is 0.480 e. The lowest BCUT2D eigenvalue weighted by molar-refractivity contribution is -0.137. The van der Waals surface area contributed by atoms with Gasteiger partial charge >= 0.3 is 12.0 Å². The van der Waals surface area contributed by atoms with Crippen molar-refractivity contribution >= 4 is 12.0 Å². The van der Waals surface area contributed by atoms with Crippen molar-refractivity contribution < 1.29 is 19.8 Å². The van der Waals surface area contributed by atoms with Crippen LogP contribution in [0.3, 0.4) is 0 Å². The summed E-state index contributed by atoms with van der Waals surface area (Å²) in [4.78, 5) is 26.0. The zero-order valence-corrected chi connectivity index (χ0v) is 10.8.